The SMILES string of the molecule is CCNC(CCCc1ccccc1)c1ccncc1. The molecule has 1 aromatic heterocycles. The van der Waals surface area contributed by atoms with E-state index in [9.17, 15) is 0 Å². The molecule has 100 valence electrons. The predicted octanol–water partition coefficient (Wildman–Crippen LogP) is 3.76. The largest absolute Gasteiger partial charge is 0.310 e. The van der Waals surface area contributed by atoms with Crippen LogP contribution in [0.4, 0.5) is 0 Å². The van der Waals surface area contributed by atoms with Gasteiger partial charge in [0.25, 0.3) is 0 Å². The van der Waals surface area contributed by atoms with Gasteiger partial charge in [-0.3, -0.25) is 4.98 Å². The van der Waals surface area contributed by atoms with Gasteiger partial charge in [0.15, 0.2) is 0 Å². The zero-order chi connectivity index (χ0) is 13.3. The van der Waals surface area contributed by atoms with E-state index in [1.165, 1.54) is 17.5 Å². The minimum atomic E-state index is 0.441. The highest BCUT2D eigenvalue weighted by Gasteiger charge is 2.09. The van der Waals surface area contributed by atoms with Crippen LogP contribution in [-0.4, -0.2) is 11.5 Å². The Kier molecular flexibility index (Phi) is 5.57. The van der Waals surface area contributed by atoms with Crippen molar-refractivity contribution in [2.45, 2.75) is 32.2 Å². The summed E-state index contributed by atoms with van der Waals surface area (Å²) in [5.74, 6) is 0. The van der Waals surface area contributed by atoms with E-state index in [0.717, 1.165) is 19.4 Å². The number of rotatable bonds is 7. The Labute approximate surface area is 115 Å². The zero-order valence-electron chi connectivity index (χ0n) is 11.5. The number of benzene rings is 1. The van der Waals surface area contributed by atoms with Crippen LogP contribution < -0.4 is 5.32 Å². The van der Waals surface area contributed by atoms with Crippen molar-refractivity contribution < 1.29 is 0 Å². The molecule has 1 atom stereocenters. The van der Waals surface area contributed by atoms with E-state index in [1.807, 2.05) is 12.4 Å². The standard InChI is InChI=1S/C17H22N2/c1-2-19-17(16-11-13-18-14-12-16)10-6-9-15-7-4-3-5-8-15/h3-5,7-8,11-14,17,19H,2,6,9-10H2,1H3. The van der Waals surface area contributed by atoms with Crippen LogP contribution >= 0.6 is 0 Å². The zero-order valence-corrected chi connectivity index (χ0v) is 11.5. The lowest BCUT2D eigenvalue weighted by Gasteiger charge is -2.18. The molecular weight excluding hydrogens is 232 g/mol. The van der Waals surface area contributed by atoms with Gasteiger partial charge in [-0.05, 0) is 49.1 Å². The van der Waals surface area contributed by atoms with Crippen molar-refractivity contribution >= 4 is 0 Å². The van der Waals surface area contributed by atoms with Crippen molar-refractivity contribution in [3.63, 3.8) is 0 Å². The van der Waals surface area contributed by atoms with Crippen LogP contribution in [0.5, 0.6) is 0 Å². The summed E-state index contributed by atoms with van der Waals surface area (Å²) in [4.78, 5) is 4.09. The minimum absolute atomic E-state index is 0.441. The maximum Gasteiger partial charge on any atom is 0.0321 e. The van der Waals surface area contributed by atoms with Crippen molar-refractivity contribution in [3.8, 4) is 0 Å². The monoisotopic (exact) mass is 254 g/mol. The van der Waals surface area contributed by atoms with Gasteiger partial charge in [0.2, 0.25) is 0 Å². The molecule has 1 aromatic carbocycles. The summed E-state index contributed by atoms with van der Waals surface area (Å²) in [5.41, 5.74) is 2.76. The van der Waals surface area contributed by atoms with Crippen LogP contribution in [0.1, 0.15) is 36.9 Å². The third-order valence-electron chi connectivity index (χ3n) is 3.36. The molecule has 0 aliphatic carbocycles. The second-order valence-corrected chi connectivity index (χ2v) is 4.77. The molecule has 19 heavy (non-hydrogen) atoms. The molecule has 1 N–H and O–H groups in total. The molecule has 0 bridgehead atoms. The summed E-state index contributed by atoms with van der Waals surface area (Å²) >= 11 is 0. The Balaban J connectivity index is 1.87. The maximum absolute atomic E-state index is 4.09. The molecule has 2 rings (SSSR count). The van der Waals surface area contributed by atoms with Crippen LogP contribution in [0, 0.1) is 0 Å². The van der Waals surface area contributed by atoms with Gasteiger partial charge >= 0.3 is 0 Å². The molecule has 0 saturated heterocycles. The van der Waals surface area contributed by atoms with E-state index in [1.54, 1.807) is 0 Å². The summed E-state index contributed by atoms with van der Waals surface area (Å²) in [7, 11) is 0. The first-order valence-electron chi connectivity index (χ1n) is 7.07. The average Bonchev–Trinajstić information content (AvgIpc) is 2.48. The maximum atomic E-state index is 4.09. The van der Waals surface area contributed by atoms with Gasteiger partial charge in [-0.15, -0.1) is 0 Å². The molecule has 0 fully saturated rings. The van der Waals surface area contributed by atoms with Crippen LogP contribution in [0.2, 0.25) is 0 Å². The molecule has 1 heterocycles. The number of pyridine rings is 1. The summed E-state index contributed by atoms with van der Waals surface area (Å²) in [6, 6.07) is 15.4. The van der Waals surface area contributed by atoms with Gasteiger partial charge in [0.1, 0.15) is 0 Å². The van der Waals surface area contributed by atoms with Crippen LogP contribution in [0.15, 0.2) is 54.9 Å². The van der Waals surface area contributed by atoms with Crippen LogP contribution in [-0.2, 0) is 6.42 Å². The smallest absolute Gasteiger partial charge is 0.0321 e. The van der Waals surface area contributed by atoms with Gasteiger partial charge in [0, 0.05) is 18.4 Å². The van der Waals surface area contributed by atoms with Gasteiger partial charge < -0.3 is 5.32 Å². The van der Waals surface area contributed by atoms with E-state index < -0.39 is 0 Å². The van der Waals surface area contributed by atoms with Crippen molar-refractivity contribution in [1.29, 1.82) is 0 Å². The highest BCUT2D eigenvalue weighted by molar-refractivity contribution is 5.16. The first kappa shape index (κ1) is 13.8. The van der Waals surface area contributed by atoms with E-state index in [-0.39, 0.29) is 0 Å². The second-order valence-electron chi connectivity index (χ2n) is 4.77. The highest BCUT2D eigenvalue weighted by Crippen LogP contribution is 2.19. The van der Waals surface area contributed by atoms with E-state index in [2.05, 4.69) is 59.7 Å². The molecule has 2 heteroatoms. The number of nitrogens with one attached hydrogen (secondary N) is 1. The fraction of sp³-hybridized carbons (Fsp3) is 0.353. The lowest BCUT2D eigenvalue weighted by molar-refractivity contribution is 0.497. The van der Waals surface area contributed by atoms with Crippen LogP contribution in [0.25, 0.3) is 0 Å². The quantitative estimate of drug-likeness (QED) is 0.814. The molecule has 1 unspecified atom stereocenters. The van der Waals surface area contributed by atoms with Gasteiger partial charge in [-0.1, -0.05) is 37.3 Å². The Hall–Kier alpha value is -1.67. The topological polar surface area (TPSA) is 24.9 Å². The molecule has 0 radical (unpaired) electrons. The first-order chi connectivity index (χ1) is 9.40. The number of hydrogen-bond acceptors (Lipinski definition) is 2. The summed E-state index contributed by atoms with van der Waals surface area (Å²) in [6.07, 6.45) is 7.25. The molecule has 0 aliphatic heterocycles. The summed E-state index contributed by atoms with van der Waals surface area (Å²) in [5, 5.41) is 3.56. The Bertz CT molecular complexity index is 453. The van der Waals surface area contributed by atoms with Crippen molar-refractivity contribution in [2.75, 3.05) is 6.54 Å². The molecule has 0 aliphatic rings. The van der Waals surface area contributed by atoms with Crippen molar-refractivity contribution in [2.24, 2.45) is 0 Å². The van der Waals surface area contributed by atoms with Gasteiger partial charge in [-0.2, -0.15) is 0 Å². The fourth-order valence-electron chi connectivity index (χ4n) is 2.38. The lowest BCUT2D eigenvalue weighted by Crippen LogP contribution is -2.21. The molecule has 0 saturated carbocycles. The minimum Gasteiger partial charge on any atom is -0.310 e. The predicted molar refractivity (Wildman–Crippen MR) is 80.0 cm³/mol. The Morgan fingerprint density at radius 3 is 2.47 bits per heavy atom. The fourth-order valence-corrected chi connectivity index (χ4v) is 2.38. The number of nitrogens with zero attached hydrogens (tertiary/aromatic N) is 1. The third kappa shape index (κ3) is 4.49. The Morgan fingerprint density at radius 1 is 1.05 bits per heavy atom. The second kappa shape index (κ2) is 7.70. The van der Waals surface area contributed by atoms with E-state index in [4.69, 9.17) is 0 Å². The average molecular weight is 254 g/mol. The third-order valence-corrected chi connectivity index (χ3v) is 3.36. The van der Waals surface area contributed by atoms with Gasteiger partial charge in [-0.25, -0.2) is 0 Å². The van der Waals surface area contributed by atoms with E-state index in [0.29, 0.717) is 6.04 Å². The molecule has 2 nitrogen and oxygen atoms in total. The van der Waals surface area contributed by atoms with Gasteiger partial charge in [0.05, 0.1) is 0 Å². The lowest BCUT2D eigenvalue weighted by atomic mass is 10.00. The van der Waals surface area contributed by atoms with Crippen LogP contribution in [0.3, 0.4) is 0 Å². The Morgan fingerprint density at radius 2 is 1.79 bits per heavy atom. The summed E-state index contributed by atoms with van der Waals surface area (Å²) < 4.78 is 0. The normalized spacial score (nSPS) is 12.3. The van der Waals surface area contributed by atoms with Crippen molar-refractivity contribution in [1.82, 2.24) is 10.3 Å². The first-order valence-corrected chi connectivity index (χ1v) is 7.07. The summed E-state index contributed by atoms with van der Waals surface area (Å²) in [6.45, 7) is 3.16. The van der Waals surface area contributed by atoms with Crippen molar-refractivity contribution in [3.05, 3.63) is 66.0 Å². The highest BCUT2D eigenvalue weighted by atomic mass is 14.9. The molecule has 0 amide bonds. The number of aryl methyl sites for hydroxylation is 1. The molecular formula is C17H22N2. The molecule has 2 aromatic rings. The number of hydrogen-bond donors (Lipinski definition) is 1. The molecule has 0 spiro atoms. The van der Waals surface area contributed by atoms with E-state index >= 15 is 0 Å². The number of aromatic nitrogens is 1.